The number of hydrogen-bond donors (Lipinski definition) is 1. The van der Waals surface area contributed by atoms with E-state index in [2.05, 4.69) is 36.0 Å². The van der Waals surface area contributed by atoms with Crippen LogP contribution in [0.3, 0.4) is 0 Å². The second kappa shape index (κ2) is 7.85. The fraction of sp³-hybridized carbons (Fsp3) is 0.636. The normalized spacial score (nSPS) is 11.3. The molecule has 0 heterocycles. The Morgan fingerprint density at radius 2 is 2.23 bits per heavy atom. The van der Waals surface area contributed by atoms with E-state index in [4.69, 9.17) is 0 Å². The lowest BCUT2D eigenvalue weighted by Crippen LogP contribution is -2.24. The first-order valence-electron chi connectivity index (χ1n) is 4.67. The minimum atomic E-state index is 0.916. The van der Waals surface area contributed by atoms with E-state index < -0.39 is 0 Å². The smallest absolute Gasteiger partial charge is 0.0211 e. The molecule has 2 heteroatoms. The van der Waals surface area contributed by atoms with E-state index in [1.54, 1.807) is 0 Å². The van der Waals surface area contributed by atoms with Gasteiger partial charge in [-0.05, 0) is 39.2 Å². The van der Waals surface area contributed by atoms with Crippen LogP contribution in [0.2, 0.25) is 0 Å². The lowest BCUT2D eigenvalue weighted by molar-refractivity contribution is 0.380. The van der Waals surface area contributed by atoms with Crippen LogP contribution < -0.4 is 5.32 Å². The summed E-state index contributed by atoms with van der Waals surface area (Å²) in [5.41, 5.74) is 1.33. The molecule has 0 fully saturated rings. The summed E-state index contributed by atoms with van der Waals surface area (Å²) in [6, 6.07) is 0. The van der Waals surface area contributed by atoms with Crippen LogP contribution in [-0.4, -0.2) is 38.6 Å². The molecule has 0 aliphatic rings. The lowest BCUT2D eigenvalue weighted by Gasteiger charge is -2.15. The number of nitrogens with zero attached hydrogens (tertiary/aromatic N) is 1. The van der Waals surface area contributed by atoms with Gasteiger partial charge >= 0.3 is 0 Å². The van der Waals surface area contributed by atoms with Crippen molar-refractivity contribution in [2.45, 2.75) is 13.8 Å². The number of hydrogen-bond acceptors (Lipinski definition) is 2. The largest absolute Gasteiger partial charge is 0.316 e. The molecule has 0 spiro atoms. The summed E-state index contributed by atoms with van der Waals surface area (Å²) in [4.78, 5) is 2.26. The van der Waals surface area contributed by atoms with E-state index in [1.807, 2.05) is 20.0 Å². The summed E-state index contributed by atoms with van der Waals surface area (Å²) in [6.07, 6.45) is 2.00. The second-order valence-electron chi connectivity index (χ2n) is 3.06. The molecule has 0 amide bonds. The second-order valence-corrected chi connectivity index (χ2v) is 3.06. The first kappa shape index (κ1) is 12.2. The number of nitrogens with one attached hydrogen (secondary N) is 1. The Morgan fingerprint density at radius 3 is 2.69 bits per heavy atom. The fourth-order valence-electron chi connectivity index (χ4n) is 1.01. The van der Waals surface area contributed by atoms with Crippen LogP contribution in [0.15, 0.2) is 11.6 Å². The van der Waals surface area contributed by atoms with Crippen LogP contribution in [0.25, 0.3) is 0 Å². The highest BCUT2D eigenvalue weighted by Gasteiger charge is 1.98. The van der Waals surface area contributed by atoms with E-state index in [0.717, 1.165) is 19.6 Å². The highest BCUT2D eigenvalue weighted by molar-refractivity contribution is 5.22. The predicted molar refractivity (Wildman–Crippen MR) is 58.6 cm³/mol. The number of rotatable bonds is 5. The number of likely N-dealkylation sites (N-methyl/N-ethyl adjacent to an activating group) is 2. The minimum Gasteiger partial charge on any atom is -0.316 e. The van der Waals surface area contributed by atoms with Gasteiger partial charge < -0.3 is 10.2 Å². The van der Waals surface area contributed by atoms with Gasteiger partial charge in [-0.1, -0.05) is 12.8 Å². The summed E-state index contributed by atoms with van der Waals surface area (Å²) in [5.74, 6) is 5.86. The van der Waals surface area contributed by atoms with Gasteiger partial charge in [-0.2, -0.15) is 0 Å². The molecule has 0 aliphatic heterocycles. The van der Waals surface area contributed by atoms with Crippen LogP contribution in [0.4, 0.5) is 0 Å². The quantitative estimate of drug-likeness (QED) is 0.638. The Bertz CT molecular complexity index is 208. The van der Waals surface area contributed by atoms with Crippen molar-refractivity contribution in [3.05, 3.63) is 11.6 Å². The first-order valence-corrected chi connectivity index (χ1v) is 4.67. The molecule has 0 unspecified atom stereocenters. The zero-order chi connectivity index (χ0) is 10.1. The average molecular weight is 180 g/mol. The van der Waals surface area contributed by atoms with Gasteiger partial charge in [0.05, 0.1) is 0 Å². The number of allylic oxidation sites excluding steroid dienone is 1. The van der Waals surface area contributed by atoms with E-state index in [1.165, 1.54) is 5.57 Å². The summed E-state index contributed by atoms with van der Waals surface area (Å²) in [5, 5.41) is 3.14. The molecular weight excluding hydrogens is 160 g/mol. The molecule has 0 aromatic rings. The predicted octanol–water partition coefficient (Wildman–Crippen LogP) is 1.11. The Hall–Kier alpha value is -0.780. The first-order chi connectivity index (χ1) is 6.24. The third-order valence-corrected chi connectivity index (χ3v) is 1.84. The molecule has 74 valence electrons. The zero-order valence-corrected chi connectivity index (χ0v) is 9.15. The molecule has 0 bridgehead atoms. The molecular formula is C11H20N2. The molecule has 0 rings (SSSR count). The lowest BCUT2D eigenvalue weighted by atomic mass is 10.2. The molecule has 0 radical (unpaired) electrons. The Labute approximate surface area is 82.0 Å². The Kier molecular flexibility index (Phi) is 7.38. The molecule has 1 N–H and O–H groups in total. The van der Waals surface area contributed by atoms with Gasteiger partial charge in [-0.15, -0.1) is 5.92 Å². The van der Waals surface area contributed by atoms with Crippen molar-refractivity contribution >= 4 is 0 Å². The van der Waals surface area contributed by atoms with Gasteiger partial charge in [0.25, 0.3) is 0 Å². The van der Waals surface area contributed by atoms with Crippen LogP contribution in [-0.2, 0) is 0 Å². The van der Waals surface area contributed by atoms with Gasteiger partial charge in [0.15, 0.2) is 0 Å². The average Bonchev–Trinajstić information content (AvgIpc) is 2.14. The van der Waals surface area contributed by atoms with E-state index in [9.17, 15) is 0 Å². The van der Waals surface area contributed by atoms with E-state index in [0.29, 0.717) is 0 Å². The Morgan fingerprint density at radius 1 is 1.54 bits per heavy atom. The van der Waals surface area contributed by atoms with Crippen molar-refractivity contribution < 1.29 is 0 Å². The standard InChI is InChI=1S/C11H20N2/c1-5-7-8-11(9-12-3)10-13(4)6-2/h8,12H,6,9-10H2,1-4H3/b11-8+. The summed E-state index contributed by atoms with van der Waals surface area (Å²) in [7, 11) is 4.07. The SMILES string of the molecule is CC#C/C=C(\CNC)CN(C)CC. The summed E-state index contributed by atoms with van der Waals surface area (Å²) < 4.78 is 0. The summed E-state index contributed by atoms with van der Waals surface area (Å²) in [6.45, 7) is 6.99. The van der Waals surface area contributed by atoms with Crippen molar-refractivity contribution in [3.63, 3.8) is 0 Å². The van der Waals surface area contributed by atoms with Gasteiger partial charge in [0.1, 0.15) is 0 Å². The molecule has 13 heavy (non-hydrogen) atoms. The molecule has 0 saturated carbocycles. The van der Waals surface area contributed by atoms with E-state index >= 15 is 0 Å². The van der Waals surface area contributed by atoms with Gasteiger partial charge in [-0.25, -0.2) is 0 Å². The molecule has 0 atom stereocenters. The van der Waals surface area contributed by atoms with Crippen molar-refractivity contribution in [2.24, 2.45) is 0 Å². The maximum absolute atomic E-state index is 3.14. The van der Waals surface area contributed by atoms with Crippen molar-refractivity contribution in [2.75, 3.05) is 33.7 Å². The van der Waals surface area contributed by atoms with Gasteiger partial charge in [0, 0.05) is 13.1 Å². The molecule has 2 nitrogen and oxygen atoms in total. The third kappa shape index (κ3) is 6.39. The highest BCUT2D eigenvalue weighted by atomic mass is 15.1. The molecule has 0 saturated heterocycles. The fourth-order valence-corrected chi connectivity index (χ4v) is 1.01. The van der Waals surface area contributed by atoms with Crippen molar-refractivity contribution in [3.8, 4) is 11.8 Å². The van der Waals surface area contributed by atoms with Crippen LogP contribution in [0.5, 0.6) is 0 Å². The maximum atomic E-state index is 3.14. The molecule has 0 aliphatic carbocycles. The van der Waals surface area contributed by atoms with Gasteiger partial charge in [-0.3, -0.25) is 0 Å². The zero-order valence-electron chi connectivity index (χ0n) is 9.15. The maximum Gasteiger partial charge on any atom is 0.0211 e. The molecule has 0 aromatic heterocycles. The van der Waals surface area contributed by atoms with Crippen LogP contribution in [0, 0.1) is 11.8 Å². The monoisotopic (exact) mass is 180 g/mol. The summed E-state index contributed by atoms with van der Waals surface area (Å²) >= 11 is 0. The third-order valence-electron chi connectivity index (χ3n) is 1.84. The topological polar surface area (TPSA) is 15.3 Å². The van der Waals surface area contributed by atoms with Crippen LogP contribution >= 0.6 is 0 Å². The van der Waals surface area contributed by atoms with Crippen molar-refractivity contribution in [1.82, 2.24) is 10.2 Å². The van der Waals surface area contributed by atoms with Gasteiger partial charge in [0.2, 0.25) is 0 Å². The Balaban J connectivity index is 4.13. The highest BCUT2D eigenvalue weighted by Crippen LogP contribution is 1.95. The van der Waals surface area contributed by atoms with Crippen LogP contribution in [0.1, 0.15) is 13.8 Å². The molecule has 0 aromatic carbocycles. The van der Waals surface area contributed by atoms with E-state index in [-0.39, 0.29) is 0 Å². The minimum absolute atomic E-state index is 0.916. The van der Waals surface area contributed by atoms with Crippen molar-refractivity contribution in [1.29, 1.82) is 0 Å².